The van der Waals surface area contributed by atoms with Crippen molar-refractivity contribution in [2.45, 2.75) is 11.8 Å². The summed E-state index contributed by atoms with van der Waals surface area (Å²) in [6, 6.07) is 11.9. The molecule has 21 heavy (non-hydrogen) atoms. The number of benzene rings is 2. The van der Waals surface area contributed by atoms with Crippen LogP contribution in [0.2, 0.25) is 0 Å². The summed E-state index contributed by atoms with van der Waals surface area (Å²) >= 11 is 0. The summed E-state index contributed by atoms with van der Waals surface area (Å²) in [6.45, 7) is 1.61. The van der Waals surface area contributed by atoms with Gasteiger partial charge in [0, 0.05) is 11.3 Å². The van der Waals surface area contributed by atoms with Crippen LogP contribution in [0.4, 0.5) is 5.69 Å². The molecular formula is C15H14N2O3S. The minimum absolute atomic E-state index is 0.0567. The lowest BCUT2D eigenvalue weighted by molar-refractivity contribution is 0.597. The number of nitrogens with two attached hydrogens (primary N) is 1. The monoisotopic (exact) mass is 302 g/mol. The maximum Gasteiger partial charge on any atom is 0.227 e. The fourth-order valence-corrected chi connectivity index (χ4v) is 2.92. The molecule has 0 aliphatic heterocycles. The van der Waals surface area contributed by atoms with Gasteiger partial charge < -0.3 is 10.2 Å². The zero-order valence-electron chi connectivity index (χ0n) is 11.4. The van der Waals surface area contributed by atoms with Crippen molar-refractivity contribution >= 4 is 26.6 Å². The molecule has 0 radical (unpaired) electrons. The Hall–Kier alpha value is -2.34. The van der Waals surface area contributed by atoms with Crippen molar-refractivity contribution in [3.05, 3.63) is 42.5 Å². The lowest BCUT2D eigenvalue weighted by Crippen LogP contribution is -2.03. The van der Waals surface area contributed by atoms with E-state index in [1.807, 2.05) is 12.1 Å². The van der Waals surface area contributed by atoms with Crippen LogP contribution in [0.25, 0.3) is 22.6 Å². The molecule has 0 unspecified atom stereocenters. The molecule has 1 aromatic heterocycles. The Bertz CT molecular complexity index is 896. The van der Waals surface area contributed by atoms with Crippen LogP contribution in [0.5, 0.6) is 0 Å². The zero-order chi connectivity index (χ0) is 15.0. The molecule has 0 saturated heterocycles. The van der Waals surface area contributed by atoms with E-state index in [4.69, 9.17) is 10.2 Å². The van der Waals surface area contributed by atoms with Gasteiger partial charge in [-0.3, -0.25) is 0 Å². The molecule has 0 aliphatic rings. The number of hydrogen-bond donors (Lipinski definition) is 1. The SMILES string of the molecule is CCS(=O)(=O)c1ccc2oc(-c3ccc(N)cc3)nc2c1. The molecule has 0 fully saturated rings. The van der Waals surface area contributed by atoms with Gasteiger partial charge in [0.1, 0.15) is 5.52 Å². The second kappa shape index (κ2) is 4.89. The quantitative estimate of drug-likeness (QED) is 0.752. The highest BCUT2D eigenvalue weighted by Gasteiger charge is 2.15. The molecule has 1 heterocycles. The zero-order valence-corrected chi connectivity index (χ0v) is 12.2. The summed E-state index contributed by atoms with van der Waals surface area (Å²) in [4.78, 5) is 4.61. The third-order valence-electron chi connectivity index (χ3n) is 3.26. The molecule has 3 aromatic rings. The largest absolute Gasteiger partial charge is 0.436 e. The summed E-state index contributed by atoms with van der Waals surface area (Å²) in [5, 5.41) is 0. The normalized spacial score (nSPS) is 11.9. The summed E-state index contributed by atoms with van der Waals surface area (Å²) in [5.74, 6) is 0.498. The number of oxazole rings is 1. The van der Waals surface area contributed by atoms with Gasteiger partial charge in [0.2, 0.25) is 5.89 Å². The predicted molar refractivity (Wildman–Crippen MR) is 81.6 cm³/mol. The van der Waals surface area contributed by atoms with Crippen molar-refractivity contribution in [1.82, 2.24) is 4.98 Å². The maximum absolute atomic E-state index is 11.9. The molecular weight excluding hydrogens is 288 g/mol. The first-order valence-electron chi connectivity index (χ1n) is 6.49. The molecule has 6 heteroatoms. The maximum atomic E-state index is 11.9. The van der Waals surface area contributed by atoms with E-state index in [-0.39, 0.29) is 10.6 Å². The van der Waals surface area contributed by atoms with Crippen LogP contribution in [0.3, 0.4) is 0 Å². The Morgan fingerprint density at radius 2 is 1.86 bits per heavy atom. The van der Waals surface area contributed by atoms with E-state index in [1.54, 1.807) is 37.3 Å². The van der Waals surface area contributed by atoms with Gasteiger partial charge in [-0.15, -0.1) is 0 Å². The van der Waals surface area contributed by atoms with Gasteiger partial charge in [0.25, 0.3) is 0 Å². The predicted octanol–water partition coefficient (Wildman–Crippen LogP) is 2.87. The van der Waals surface area contributed by atoms with E-state index in [0.29, 0.717) is 22.7 Å². The second-order valence-corrected chi connectivity index (χ2v) is 6.95. The first kappa shape index (κ1) is 13.6. The lowest BCUT2D eigenvalue weighted by Gasteiger charge is -1.99. The Morgan fingerprint density at radius 3 is 2.52 bits per heavy atom. The van der Waals surface area contributed by atoms with Crippen LogP contribution >= 0.6 is 0 Å². The van der Waals surface area contributed by atoms with Gasteiger partial charge in [-0.25, -0.2) is 13.4 Å². The van der Waals surface area contributed by atoms with E-state index >= 15 is 0 Å². The topological polar surface area (TPSA) is 86.2 Å². The van der Waals surface area contributed by atoms with Gasteiger partial charge in [-0.05, 0) is 42.5 Å². The molecule has 0 amide bonds. The molecule has 5 nitrogen and oxygen atoms in total. The van der Waals surface area contributed by atoms with Crippen molar-refractivity contribution in [1.29, 1.82) is 0 Å². The van der Waals surface area contributed by atoms with Crippen molar-refractivity contribution < 1.29 is 12.8 Å². The minimum Gasteiger partial charge on any atom is -0.436 e. The Labute approximate surface area is 122 Å². The number of nitrogen functional groups attached to an aromatic ring is 1. The molecule has 2 aromatic carbocycles. The van der Waals surface area contributed by atoms with Crippen LogP contribution in [0.15, 0.2) is 51.8 Å². The Morgan fingerprint density at radius 1 is 1.14 bits per heavy atom. The highest BCUT2D eigenvalue weighted by Crippen LogP contribution is 2.26. The molecule has 0 atom stereocenters. The first-order chi connectivity index (χ1) is 9.99. The van der Waals surface area contributed by atoms with Crippen molar-refractivity contribution in [3.63, 3.8) is 0 Å². The molecule has 2 N–H and O–H groups in total. The van der Waals surface area contributed by atoms with Crippen LogP contribution < -0.4 is 5.73 Å². The number of sulfone groups is 1. The summed E-state index contributed by atoms with van der Waals surface area (Å²) in [7, 11) is -3.25. The fourth-order valence-electron chi connectivity index (χ4n) is 2.02. The van der Waals surface area contributed by atoms with Gasteiger partial charge in [0.05, 0.1) is 10.6 Å². The van der Waals surface area contributed by atoms with Crippen molar-refractivity contribution in [2.75, 3.05) is 11.5 Å². The highest BCUT2D eigenvalue weighted by atomic mass is 32.2. The van der Waals surface area contributed by atoms with Crippen molar-refractivity contribution in [3.8, 4) is 11.5 Å². The molecule has 0 aliphatic carbocycles. The summed E-state index contributed by atoms with van der Waals surface area (Å²) in [5.41, 5.74) is 8.17. The van der Waals surface area contributed by atoms with Crippen LogP contribution in [-0.4, -0.2) is 19.2 Å². The fraction of sp³-hybridized carbons (Fsp3) is 0.133. The molecule has 3 rings (SSSR count). The van der Waals surface area contributed by atoms with Gasteiger partial charge in [-0.2, -0.15) is 0 Å². The van der Waals surface area contributed by atoms with Gasteiger partial charge >= 0.3 is 0 Å². The first-order valence-corrected chi connectivity index (χ1v) is 8.14. The number of hydrogen-bond acceptors (Lipinski definition) is 5. The third kappa shape index (κ3) is 2.50. The Balaban J connectivity index is 2.10. The van der Waals surface area contributed by atoms with E-state index in [9.17, 15) is 8.42 Å². The number of rotatable bonds is 3. The second-order valence-electron chi connectivity index (χ2n) is 4.67. The Kier molecular flexibility index (Phi) is 3.17. The summed E-state index contributed by atoms with van der Waals surface area (Å²) in [6.07, 6.45) is 0. The number of nitrogens with zero attached hydrogens (tertiary/aromatic N) is 1. The van der Waals surface area contributed by atoms with Crippen LogP contribution in [-0.2, 0) is 9.84 Å². The minimum atomic E-state index is -3.25. The van der Waals surface area contributed by atoms with E-state index in [2.05, 4.69) is 4.98 Å². The van der Waals surface area contributed by atoms with Gasteiger partial charge in [-0.1, -0.05) is 6.92 Å². The van der Waals surface area contributed by atoms with Crippen molar-refractivity contribution in [2.24, 2.45) is 0 Å². The lowest BCUT2D eigenvalue weighted by atomic mass is 10.2. The average Bonchev–Trinajstić information content (AvgIpc) is 2.90. The van der Waals surface area contributed by atoms with Crippen LogP contribution in [0.1, 0.15) is 6.92 Å². The van der Waals surface area contributed by atoms with E-state index in [0.717, 1.165) is 5.56 Å². The highest BCUT2D eigenvalue weighted by molar-refractivity contribution is 7.91. The molecule has 108 valence electrons. The smallest absolute Gasteiger partial charge is 0.227 e. The number of anilines is 1. The summed E-state index contributed by atoms with van der Waals surface area (Å²) < 4.78 is 29.4. The average molecular weight is 302 g/mol. The number of aromatic nitrogens is 1. The third-order valence-corrected chi connectivity index (χ3v) is 4.99. The van der Waals surface area contributed by atoms with E-state index < -0.39 is 9.84 Å². The van der Waals surface area contributed by atoms with Gasteiger partial charge in [0.15, 0.2) is 15.4 Å². The molecule has 0 spiro atoms. The molecule has 0 saturated carbocycles. The van der Waals surface area contributed by atoms with Crippen LogP contribution in [0, 0.1) is 0 Å². The number of fused-ring (bicyclic) bond motifs is 1. The standard InChI is InChI=1S/C15H14N2O3S/c1-2-21(18,19)12-7-8-14-13(9-12)17-15(20-14)10-3-5-11(16)6-4-10/h3-9H,2,16H2,1H3. The van der Waals surface area contributed by atoms with E-state index in [1.165, 1.54) is 0 Å². The molecule has 0 bridgehead atoms.